The molecule has 1 saturated heterocycles. The number of aromatic nitrogens is 2. The van der Waals surface area contributed by atoms with E-state index in [-0.39, 0.29) is 28.9 Å². The second kappa shape index (κ2) is 10.0. The number of fused-ring (bicyclic) bond motifs is 2. The molecule has 2 atom stereocenters. The van der Waals surface area contributed by atoms with Crippen molar-refractivity contribution in [3.63, 3.8) is 0 Å². The SMILES string of the molecule is CO/N=C(/C(=O)C[C@@H]1C(=O)N2C(C(=O)O)=C(C[n+]3cccc4c3CCCC4)CSC12)c1csc(N)n1. The van der Waals surface area contributed by atoms with Gasteiger partial charge in [0, 0.05) is 41.2 Å². The Morgan fingerprint density at radius 2 is 2.17 bits per heavy atom. The van der Waals surface area contributed by atoms with Crippen LogP contribution in [-0.2, 0) is 38.6 Å². The highest BCUT2D eigenvalue weighted by atomic mass is 32.2. The number of carboxylic acid groups (broad SMARTS) is 1. The molecule has 0 bridgehead atoms. The summed E-state index contributed by atoms with van der Waals surface area (Å²) < 4.78 is 2.12. The number of carboxylic acids is 1. The van der Waals surface area contributed by atoms with E-state index in [0.717, 1.165) is 25.7 Å². The lowest BCUT2D eigenvalue weighted by Gasteiger charge is -2.49. The summed E-state index contributed by atoms with van der Waals surface area (Å²) in [6, 6.07) is 4.13. The van der Waals surface area contributed by atoms with Crippen molar-refractivity contribution in [2.75, 3.05) is 18.6 Å². The van der Waals surface area contributed by atoms with Crippen LogP contribution in [0.5, 0.6) is 0 Å². The number of nitrogens with two attached hydrogens (primary N) is 1. The van der Waals surface area contributed by atoms with Crippen LogP contribution in [0, 0.1) is 5.92 Å². The molecule has 10 nitrogen and oxygen atoms in total. The van der Waals surface area contributed by atoms with E-state index in [9.17, 15) is 19.5 Å². The van der Waals surface area contributed by atoms with Gasteiger partial charge < -0.3 is 15.7 Å². The van der Waals surface area contributed by atoms with E-state index in [1.165, 1.54) is 46.4 Å². The Balaban J connectivity index is 1.36. The standard InChI is InChI=1S/C24H25N5O5S2/c1-34-27-19(16-12-36-24(25)26-16)18(30)9-15-21(31)29-20(23(32)33)14(11-35-22(15)29)10-28-8-4-6-13-5-2-3-7-17(13)28/h4,6,8,12,15,22H,2-3,5,7,9-11H2,1H3,(H2-,25,26,32,33)/p+1/b27-19+/t15-,22?/m1/s1. The fourth-order valence-electron chi connectivity index (χ4n) is 5.09. The van der Waals surface area contributed by atoms with Crippen LogP contribution in [0.3, 0.4) is 0 Å². The van der Waals surface area contributed by atoms with Crippen LogP contribution in [0.4, 0.5) is 5.13 Å². The molecule has 1 unspecified atom stereocenters. The second-order valence-electron chi connectivity index (χ2n) is 8.91. The summed E-state index contributed by atoms with van der Waals surface area (Å²) >= 11 is 2.66. The number of hydrogen-bond acceptors (Lipinski definition) is 9. The van der Waals surface area contributed by atoms with Gasteiger partial charge in [0.05, 0.1) is 11.3 Å². The molecule has 0 aromatic carbocycles. The molecule has 0 saturated carbocycles. The zero-order valence-corrected chi connectivity index (χ0v) is 21.3. The number of amides is 1. The molecular formula is C24H26N5O5S2+. The molecule has 1 fully saturated rings. The number of pyridine rings is 1. The fourth-order valence-corrected chi connectivity index (χ4v) is 7.04. The Morgan fingerprint density at radius 3 is 2.89 bits per heavy atom. The zero-order valence-electron chi connectivity index (χ0n) is 19.7. The summed E-state index contributed by atoms with van der Waals surface area (Å²) in [5.74, 6) is -2.07. The number of Topliss-reactive ketones (excluding diaryl/α,β-unsaturated/α-hetero) is 1. The lowest BCUT2D eigenvalue weighted by molar-refractivity contribution is -0.697. The van der Waals surface area contributed by atoms with E-state index < -0.39 is 23.0 Å². The Kier molecular flexibility index (Phi) is 6.80. The molecule has 1 amide bonds. The summed E-state index contributed by atoms with van der Waals surface area (Å²) in [4.78, 5) is 48.7. The van der Waals surface area contributed by atoms with Crippen LogP contribution < -0.4 is 10.3 Å². The third-order valence-electron chi connectivity index (χ3n) is 6.73. The minimum atomic E-state index is -1.13. The number of hydrogen-bond donors (Lipinski definition) is 2. The summed E-state index contributed by atoms with van der Waals surface area (Å²) in [5, 5.41) is 15.3. The summed E-state index contributed by atoms with van der Waals surface area (Å²) in [7, 11) is 1.32. The van der Waals surface area contributed by atoms with Gasteiger partial charge in [0.2, 0.25) is 5.91 Å². The molecule has 2 aromatic heterocycles. The monoisotopic (exact) mass is 528 g/mol. The van der Waals surface area contributed by atoms with Gasteiger partial charge in [0.1, 0.15) is 18.5 Å². The number of carbonyl (C=O) groups is 3. The van der Waals surface area contributed by atoms with Crippen molar-refractivity contribution in [3.8, 4) is 0 Å². The minimum absolute atomic E-state index is 0.00236. The average molecular weight is 529 g/mol. The predicted octanol–water partition coefficient (Wildman–Crippen LogP) is 1.77. The lowest BCUT2D eigenvalue weighted by Crippen LogP contribution is -2.62. The van der Waals surface area contributed by atoms with Gasteiger partial charge in [-0.2, -0.15) is 4.57 Å². The molecule has 0 radical (unpaired) electrons. The number of aryl methyl sites for hydroxylation is 1. The Hall–Kier alpha value is -3.25. The van der Waals surface area contributed by atoms with E-state index >= 15 is 0 Å². The first-order chi connectivity index (χ1) is 17.4. The number of oxime groups is 1. The third kappa shape index (κ3) is 4.39. The number of rotatable bonds is 8. The number of aliphatic carboxylic acids is 1. The summed E-state index contributed by atoms with van der Waals surface area (Å²) in [5.41, 5.74) is 9.24. The van der Waals surface area contributed by atoms with Gasteiger partial charge in [-0.15, -0.1) is 23.1 Å². The van der Waals surface area contributed by atoms with Gasteiger partial charge in [-0.3, -0.25) is 14.5 Å². The number of anilines is 1. The average Bonchev–Trinajstić information content (AvgIpc) is 3.31. The molecule has 2 aliphatic heterocycles. The zero-order chi connectivity index (χ0) is 25.4. The van der Waals surface area contributed by atoms with Crippen molar-refractivity contribution in [2.24, 2.45) is 11.1 Å². The number of ketones is 1. The quantitative estimate of drug-likeness (QED) is 0.229. The van der Waals surface area contributed by atoms with Gasteiger partial charge >= 0.3 is 5.97 Å². The Bertz CT molecular complexity index is 1300. The first kappa shape index (κ1) is 24.4. The van der Waals surface area contributed by atoms with Gasteiger partial charge in [-0.05, 0) is 25.3 Å². The van der Waals surface area contributed by atoms with E-state index in [1.807, 2.05) is 12.3 Å². The number of thioether (sulfide) groups is 1. The van der Waals surface area contributed by atoms with Crippen molar-refractivity contribution in [1.29, 1.82) is 0 Å². The molecule has 0 spiro atoms. The van der Waals surface area contributed by atoms with Crippen LogP contribution in [-0.4, -0.2) is 56.6 Å². The molecule has 4 heterocycles. The maximum absolute atomic E-state index is 13.1. The first-order valence-corrected chi connectivity index (χ1v) is 13.6. The van der Waals surface area contributed by atoms with E-state index in [0.29, 0.717) is 23.6 Å². The largest absolute Gasteiger partial charge is 0.477 e. The van der Waals surface area contributed by atoms with E-state index in [4.69, 9.17) is 10.6 Å². The summed E-state index contributed by atoms with van der Waals surface area (Å²) in [6.07, 6.45) is 6.13. The highest BCUT2D eigenvalue weighted by Crippen LogP contribution is 2.45. The fraction of sp³-hybridized carbons (Fsp3) is 0.417. The molecule has 5 rings (SSSR count). The molecule has 1 aliphatic carbocycles. The molecular weight excluding hydrogens is 502 g/mol. The van der Waals surface area contributed by atoms with Crippen molar-refractivity contribution < 1.29 is 28.9 Å². The number of nitrogens with zero attached hydrogens (tertiary/aromatic N) is 4. The first-order valence-electron chi connectivity index (χ1n) is 11.6. The number of carbonyl (C=O) groups excluding carboxylic acids is 2. The van der Waals surface area contributed by atoms with Crippen molar-refractivity contribution >= 4 is 51.6 Å². The normalized spacial score (nSPS) is 21.5. The van der Waals surface area contributed by atoms with Gasteiger partial charge in [0.15, 0.2) is 35.1 Å². The smallest absolute Gasteiger partial charge is 0.352 e. The maximum atomic E-state index is 13.1. The molecule has 12 heteroatoms. The second-order valence-corrected chi connectivity index (χ2v) is 10.9. The summed E-state index contributed by atoms with van der Waals surface area (Å²) in [6.45, 7) is 0.424. The van der Waals surface area contributed by atoms with Crippen LogP contribution in [0.2, 0.25) is 0 Å². The minimum Gasteiger partial charge on any atom is -0.477 e. The van der Waals surface area contributed by atoms with Gasteiger partial charge in [0.25, 0.3) is 0 Å². The highest BCUT2D eigenvalue weighted by Gasteiger charge is 2.54. The van der Waals surface area contributed by atoms with Gasteiger partial charge in [-0.25, -0.2) is 9.78 Å². The van der Waals surface area contributed by atoms with E-state index in [2.05, 4.69) is 20.8 Å². The van der Waals surface area contributed by atoms with Gasteiger partial charge in [-0.1, -0.05) is 5.16 Å². The number of thiazole rings is 1. The number of β-lactam (4-membered cyclic amide) rings is 1. The topological polar surface area (TPSA) is 139 Å². The molecule has 36 heavy (non-hydrogen) atoms. The number of nitrogen functional groups attached to an aromatic ring is 1. The van der Waals surface area contributed by atoms with Crippen molar-refractivity contribution in [2.45, 2.75) is 44.0 Å². The molecule has 3 aliphatic rings. The molecule has 188 valence electrons. The van der Waals surface area contributed by atoms with Crippen LogP contribution in [0.15, 0.2) is 40.1 Å². The Morgan fingerprint density at radius 1 is 1.36 bits per heavy atom. The molecule has 3 N–H and O–H groups in total. The molecule has 2 aromatic rings. The van der Waals surface area contributed by atoms with Crippen LogP contribution >= 0.6 is 23.1 Å². The van der Waals surface area contributed by atoms with E-state index in [1.54, 1.807) is 5.38 Å². The van der Waals surface area contributed by atoms with Crippen molar-refractivity contribution in [3.05, 3.63) is 51.9 Å². The lowest BCUT2D eigenvalue weighted by atomic mass is 9.89. The third-order valence-corrected chi connectivity index (χ3v) is 8.80. The maximum Gasteiger partial charge on any atom is 0.352 e. The van der Waals surface area contributed by atoms with Crippen LogP contribution in [0.1, 0.15) is 36.2 Å². The highest BCUT2D eigenvalue weighted by molar-refractivity contribution is 8.00. The van der Waals surface area contributed by atoms with Crippen LogP contribution in [0.25, 0.3) is 0 Å². The Labute approximate surface area is 215 Å². The van der Waals surface area contributed by atoms with Crippen molar-refractivity contribution in [1.82, 2.24) is 9.88 Å². The predicted molar refractivity (Wildman–Crippen MR) is 134 cm³/mol.